The van der Waals surface area contributed by atoms with Crippen molar-refractivity contribution in [3.8, 4) is 5.69 Å². The predicted octanol–water partition coefficient (Wildman–Crippen LogP) is 1.33. The molecule has 0 aliphatic rings. The zero-order valence-electron chi connectivity index (χ0n) is 10.8. The van der Waals surface area contributed by atoms with E-state index in [1.165, 1.54) is 6.33 Å². The fourth-order valence-electron chi connectivity index (χ4n) is 1.72. The molecule has 3 N–H and O–H groups in total. The fraction of sp³-hybridized carbons (Fsp3) is 0.308. The molecular weight excluding hydrogens is 242 g/mol. The van der Waals surface area contributed by atoms with Gasteiger partial charge in [-0.25, -0.2) is 9.67 Å². The van der Waals surface area contributed by atoms with E-state index in [4.69, 9.17) is 5.73 Å². The summed E-state index contributed by atoms with van der Waals surface area (Å²) in [6.07, 6.45) is 4.66. The molecule has 19 heavy (non-hydrogen) atoms. The molecule has 2 aromatic rings. The molecule has 1 atom stereocenters. The molecule has 0 fully saturated rings. The first kappa shape index (κ1) is 13.2. The van der Waals surface area contributed by atoms with Gasteiger partial charge in [0.05, 0.1) is 11.7 Å². The van der Waals surface area contributed by atoms with E-state index < -0.39 is 6.04 Å². The van der Waals surface area contributed by atoms with E-state index in [-0.39, 0.29) is 5.91 Å². The summed E-state index contributed by atoms with van der Waals surface area (Å²) in [4.78, 5) is 15.6. The van der Waals surface area contributed by atoms with Crippen LogP contribution in [-0.4, -0.2) is 26.7 Å². The molecule has 1 amide bonds. The normalized spacial score (nSPS) is 12.1. The number of nitrogens with one attached hydrogen (secondary N) is 1. The summed E-state index contributed by atoms with van der Waals surface area (Å²) in [5.41, 5.74) is 7.35. The lowest BCUT2D eigenvalue weighted by atomic mass is 10.1. The van der Waals surface area contributed by atoms with E-state index in [0.717, 1.165) is 17.8 Å². The molecule has 0 saturated carbocycles. The van der Waals surface area contributed by atoms with Crippen LogP contribution in [-0.2, 0) is 4.79 Å². The molecule has 0 saturated heterocycles. The van der Waals surface area contributed by atoms with Crippen LogP contribution < -0.4 is 11.1 Å². The minimum Gasteiger partial charge on any atom is -0.325 e. The maximum atomic E-state index is 11.8. The van der Waals surface area contributed by atoms with Crippen molar-refractivity contribution in [3.63, 3.8) is 0 Å². The number of hydrogen-bond donors (Lipinski definition) is 2. The summed E-state index contributed by atoms with van der Waals surface area (Å²) >= 11 is 0. The van der Waals surface area contributed by atoms with E-state index >= 15 is 0 Å². The topological polar surface area (TPSA) is 85.8 Å². The van der Waals surface area contributed by atoms with Gasteiger partial charge in [-0.1, -0.05) is 13.3 Å². The summed E-state index contributed by atoms with van der Waals surface area (Å²) in [5.74, 6) is -0.157. The minimum absolute atomic E-state index is 0.157. The minimum atomic E-state index is -0.458. The van der Waals surface area contributed by atoms with Gasteiger partial charge in [0.15, 0.2) is 0 Å². The average molecular weight is 259 g/mol. The third kappa shape index (κ3) is 3.38. The highest BCUT2D eigenvalue weighted by atomic mass is 16.2. The van der Waals surface area contributed by atoms with Gasteiger partial charge < -0.3 is 11.1 Å². The number of aromatic nitrogens is 3. The third-order valence-electron chi connectivity index (χ3n) is 2.75. The Balaban J connectivity index is 2.01. The van der Waals surface area contributed by atoms with Crippen LogP contribution in [0.25, 0.3) is 5.69 Å². The Morgan fingerprint density at radius 2 is 2.16 bits per heavy atom. The third-order valence-corrected chi connectivity index (χ3v) is 2.75. The highest BCUT2D eigenvalue weighted by molar-refractivity contribution is 5.94. The zero-order chi connectivity index (χ0) is 13.7. The van der Waals surface area contributed by atoms with Crippen LogP contribution in [0.3, 0.4) is 0 Å². The van der Waals surface area contributed by atoms with Gasteiger partial charge in [0.1, 0.15) is 12.7 Å². The number of amides is 1. The van der Waals surface area contributed by atoms with Gasteiger partial charge in [0, 0.05) is 5.69 Å². The molecule has 6 heteroatoms. The molecular formula is C13H17N5O. The quantitative estimate of drug-likeness (QED) is 0.848. The van der Waals surface area contributed by atoms with Gasteiger partial charge in [-0.3, -0.25) is 4.79 Å². The van der Waals surface area contributed by atoms with Gasteiger partial charge in [-0.15, -0.1) is 0 Å². The molecule has 0 aliphatic heterocycles. The lowest BCUT2D eigenvalue weighted by Gasteiger charge is -2.11. The van der Waals surface area contributed by atoms with Crippen LogP contribution in [0.1, 0.15) is 19.8 Å². The molecule has 100 valence electrons. The standard InChI is InChI=1S/C13H17N5O/c1-2-3-12(14)13(19)17-10-4-6-11(7-5-10)18-9-15-8-16-18/h4-9,12H,2-3,14H2,1H3,(H,17,19)/t12-/m0/s1. The lowest BCUT2D eigenvalue weighted by molar-refractivity contribution is -0.117. The summed E-state index contributed by atoms with van der Waals surface area (Å²) in [5, 5.41) is 6.82. The van der Waals surface area contributed by atoms with Crippen molar-refractivity contribution in [1.29, 1.82) is 0 Å². The SMILES string of the molecule is CCC[C@H](N)C(=O)Nc1ccc(-n2cncn2)cc1. The summed E-state index contributed by atoms with van der Waals surface area (Å²) in [7, 11) is 0. The number of rotatable bonds is 5. The zero-order valence-corrected chi connectivity index (χ0v) is 10.8. The smallest absolute Gasteiger partial charge is 0.241 e. The first-order valence-electron chi connectivity index (χ1n) is 6.22. The van der Waals surface area contributed by atoms with E-state index in [9.17, 15) is 4.79 Å². The highest BCUT2D eigenvalue weighted by Gasteiger charge is 2.12. The number of carbonyl (C=O) groups excluding carboxylic acids is 1. The van der Waals surface area contributed by atoms with Crippen molar-refractivity contribution >= 4 is 11.6 Å². The number of carbonyl (C=O) groups is 1. The van der Waals surface area contributed by atoms with E-state index in [2.05, 4.69) is 15.4 Å². The Labute approximate surface area is 111 Å². The van der Waals surface area contributed by atoms with Crippen molar-refractivity contribution in [2.75, 3.05) is 5.32 Å². The molecule has 1 heterocycles. The molecule has 0 radical (unpaired) electrons. The van der Waals surface area contributed by atoms with Crippen molar-refractivity contribution in [1.82, 2.24) is 14.8 Å². The maximum absolute atomic E-state index is 11.8. The largest absolute Gasteiger partial charge is 0.325 e. The first-order valence-corrected chi connectivity index (χ1v) is 6.22. The van der Waals surface area contributed by atoms with Crippen molar-refractivity contribution in [2.24, 2.45) is 5.73 Å². The van der Waals surface area contributed by atoms with Gasteiger partial charge in [-0.05, 0) is 30.7 Å². The molecule has 0 spiro atoms. The van der Waals surface area contributed by atoms with Crippen molar-refractivity contribution in [3.05, 3.63) is 36.9 Å². The first-order chi connectivity index (χ1) is 9.20. The second-order valence-corrected chi connectivity index (χ2v) is 4.27. The van der Waals surface area contributed by atoms with Crippen molar-refractivity contribution < 1.29 is 4.79 Å². The molecule has 0 unspecified atom stereocenters. The molecule has 0 aliphatic carbocycles. The summed E-state index contributed by atoms with van der Waals surface area (Å²) in [6, 6.07) is 6.88. The molecule has 1 aromatic heterocycles. The predicted molar refractivity (Wildman–Crippen MR) is 72.9 cm³/mol. The molecule has 2 rings (SSSR count). The molecule has 0 bridgehead atoms. The second kappa shape index (κ2) is 6.10. The monoisotopic (exact) mass is 259 g/mol. The van der Waals surface area contributed by atoms with Crippen LogP contribution >= 0.6 is 0 Å². The van der Waals surface area contributed by atoms with E-state index in [1.807, 2.05) is 31.2 Å². The number of hydrogen-bond acceptors (Lipinski definition) is 4. The second-order valence-electron chi connectivity index (χ2n) is 4.27. The van der Waals surface area contributed by atoms with Crippen LogP contribution in [0.15, 0.2) is 36.9 Å². The van der Waals surface area contributed by atoms with E-state index in [0.29, 0.717) is 6.42 Å². The van der Waals surface area contributed by atoms with Gasteiger partial charge >= 0.3 is 0 Å². The number of nitrogens with two attached hydrogens (primary N) is 1. The van der Waals surface area contributed by atoms with Gasteiger partial charge in [0.25, 0.3) is 0 Å². The van der Waals surface area contributed by atoms with Crippen LogP contribution in [0.2, 0.25) is 0 Å². The molecule has 1 aromatic carbocycles. The molecule has 6 nitrogen and oxygen atoms in total. The Morgan fingerprint density at radius 3 is 2.74 bits per heavy atom. The maximum Gasteiger partial charge on any atom is 0.241 e. The van der Waals surface area contributed by atoms with Gasteiger partial charge in [-0.2, -0.15) is 5.10 Å². The number of benzene rings is 1. The van der Waals surface area contributed by atoms with Crippen LogP contribution in [0.4, 0.5) is 5.69 Å². The summed E-state index contributed by atoms with van der Waals surface area (Å²) < 4.78 is 1.65. The Morgan fingerprint density at radius 1 is 1.42 bits per heavy atom. The van der Waals surface area contributed by atoms with Crippen LogP contribution in [0, 0.1) is 0 Å². The Bertz CT molecular complexity index is 520. The van der Waals surface area contributed by atoms with Crippen LogP contribution in [0.5, 0.6) is 0 Å². The average Bonchev–Trinajstić information content (AvgIpc) is 2.94. The fourth-order valence-corrected chi connectivity index (χ4v) is 1.72. The highest BCUT2D eigenvalue weighted by Crippen LogP contribution is 2.12. The van der Waals surface area contributed by atoms with Crippen molar-refractivity contribution in [2.45, 2.75) is 25.8 Å². The Kier molecular flexibility index (Phi) is 4.25. The van der Waals surface area contributed by atoms with E-state index in [1.54, 1.807) is 11.0 Å². The number of anilines is 1. The van der Waals surface area contributed by atoms with Gasteiger partial charge in [0.2, 0.25) is 5.91 Å². The Hall–Kier alpha value is -2.21. The summed E-state index contributed by atoms with van der Waals surface area (Å²) in [6.45, 7) is 2.00. The number of nitrogens with zero attached hydrogens (tertiary/aromatic N) is 3. The lowest BCUT2D eigenvalue weighted by Crippen LogP contribution is -2.35.